The molecule has 8 heteroatoms. The standard InChI is InChI=1S/C25H32N4O4/c1-25(2,3)33-24(32)28-14-11-20(12-15-28)29-13-5-8-21(29)23(31)27-19-7-4-6-18(16-19)26-22(30)17-9-10-17/h4-8,13,16-17,20H,9-12,14-15H2,1-3H3,(H,26,30)(H,27,31). The molecule has 1 aliphatic carbocycles. The Labute approximate surface area is 194 Å². The molecule has 1 aromatic carbocycles. The smallest absolute Gasteiger partial charge is 0.410 e. The van der Waals surface area contributed by atoms with Crippen LogP contribution in [0.2, 0.25) is 0 Å². The molecule has 1 saturated carbocycles. The highest BCUT2D eigenvalue weighted by molar-refractivity contribution is 6.03. The molecule has 2 aromatic rings. The van der Waals surface area contributed by atoms with Gasteiger partial charge in [0.2, 0.25) is 5.91 Å². The van der Waals surface area contributed by atoms with Crippen LogP contribution in [0.5, 0.6) is 0 Å². The van der Waals surface area contributed by atoms with Gasteiger partial charge < -0.3 is 24.8 Å². The summed E-state index contributed by atoms with van der Waals surface area (Å²) in [5, 5.41) is 5.84. The fraction of sp³-hybridized carbons (Fsp3) is 0.480. The van der Waals surface area contributed by atoms with Gasteiger partial charge in [-0.2, -0.15) is 0 Å². The van der Waals surface area contributed by atoms with Crippen LogP contribution in [0.3, 0.4) is 0 Å². The van der Waals surface area contributed by atoms with E-state index in [1.165, 1.54) is 0 Å². The number of carbonyl (C=O) groups is 3. The number of rotatable bonds is 5. The van der Waals surface area contributed by atoms with Gasteiger partial charge in [0.1, 0.15) is 11.3 Å². The molecule has 0 atom stereocenters. The molecule has 33 heavy (non-hydrogen) atoms. The van der Waals surface area contributed by atoms with E-state index in [1.54, 1.807) is 23.1 Å². The SMILES string of the molecule is CC(C)(C)OC(=O)N1CCC(n2cccc2C(=O)Nc2cccc(NC(=O)C3CC3)c2)CC1. The Morgan fingerprint density at radius 3 is 2.24 bits per heavy atom. The van der Waals surface area contributed by atoms with Crippen LogP contribution in [0.4, 0.5) is 16.2 Å². The van der Waals surface area contributed by atoms with E-state index in [0.29, 0.717) is 30.2 Å². The maximum atomic E-state index is 13.0. The number of carbonyl (C=O) groups excluding carboxylic acids is 3. The third kappa shape index (κ3) is 5.94. The Hall–Kier alpha value is -3.29. The normalized spacial score (nSPS) is 16.9. The van der Waals surface area contributed by atoms with Gasteiger partial charge in [0, 0.05) is 42.6 Å². The molecule has 2 fully saturated rings. The van der Waals surface area contributed by atoms with Crippen LogP contribution in [0.15, 0.2) is 42.6 Å². The van der Waals surface area contributed by atoms with Crippen molar-refractivity contribution in [3.63, 3.8) is 0 Å². The zero-order valence-electron chi connectivity index (χ0n) is 19.5. The Morgan fingerprint density at radius 1 is 0.939 bits per heavy atom. The maximum absolute atomic E-state index is 13.0. The Kier molecular flexibility index (Phi) is 6.44. The van der Waals surface area contributed by atoms with Gasteiger partial charge in [0.05, 0.1) is 0 Å². The van der Waals surface area contributed by atoms with Gasteiger partial charge in [-0.3, -0.25) is 9.59 Å². The summed E-state index contributed by atoms with van der Waals surface area (Å²) in [4.78, 5) is 39.1. The second-order valence-electron chi connectivity index (χ2n) is 9.80. The molecule has 0 unspecified atom stereocenters. The van der Waals surface area contributed by atoms with Crippen LogP contribution < -0.4 is 10.6 Å². The summed E-state index contributed by atoms with van der Waals surface area (Å²) < 4.78 is 7.46. The van der Waals surface area contributed by atoms with Gasteiger partial charge in [0.25, 0.3) is 5.91 Å². The highest BCUT2D eigenvalue weighted by Gasteiger charge is 2.30. The van der Waals surface area contributed by atoms with Crippen LogP contribution in [0.25, 0.3) is 0 Å². The van der Waals surface area contributed by atoms with Crippen molar-refractivity contribution >= 4 is 29.3 Å². The Morgan fingerprint density at radius 2 is 1.61 bits per heavy atom. The first kappa shape index (κ1) is 22.9. The van der Waals surface area contributed by atoms with Crippen LogP contribution >= 0.6 is 0 Å². The topological polar surface area (TPSA) is 92.7 Å². The second kappa shape index (κ2) is 9.29. The lowest BCUT2D eigenvalue weighted by Gasteiger charge is -2.34. The number of likely N-dealkylation sites (tertiary alicyclic amines) is 1. The highest BCUT2D eigenvalue weighted by atomic mass is 16.6. The number of ether oxygens (including phenoxy) is 1. The lowest BCUT2D eigenvalue weighted by Crippen LogP contribution is -2.42. The van der Waals surface area contributed by atoms with Crippen LogP contribution in [-0.4, -0.2) is 46.1 Å². The fourth-order valence-corrected chi connectivity index (χ4v) is 4.02. The highest BCUT2D eigenvalue weighted by Crippen LogP contribution is 2.30. The quantitative estimate of drug-likeness (QED) is 0.690. The fourth-order valence-electron chi connectivity index (χ4n) is 4.02. The molecule has 0 bridgehead atoms. The molecule has 0 spiro atoms. The third-order valence-electron chi connectivity index (χ3n) is 5.86. The third-order valence-corrected chi connectivity index (χ3v) is 5.86. The molecule has 3 amide bonds. The number of hydrogen-bond acceptors (Lipinski definition) is 4. The van der Waals surface area contributed by atoms with Gasteiger partial charge in [-0.05, 0) is 76.8 Å². The van der Waals surface area contributed by atoms with E-state index < -0.39 is 5.60 Å². The number of nitrogens with zero attached hydrogens (tertiary/aromatic N) is 2. The molecule has 1 aromatic heterocycles. The minimum atomic E-state index is -0.516. The van der Waals surface area contributed by atoms with Crippen molar-refractivity contribution in [3.05, 3.63) is 48.3 Å². The summed E-state index contributed by atoms with van der Waals surface area (Å²) in [6.07, 6.45) is 4.99. The van der Waals surface area contributed by atoms with Gasteiger partial charge in [0.15, 0.2) is 0 Å². The van der Waals surface area contributed by atoms with Crippen LogP contribution in [0.1, 0.15) is 63.0 Å². The number of piperidine rings is 1. The predicted molar refractivity (Wildman–Crippen MR) is 126 cm³/mol. The van der Waals surface area contributed by atoms with E-state index in [4.69, 9.17) is 4.74 Å². The molecule has 8 nitrogen and oxygen atoms in total. The van der Waals surface area contributed by atoms with E-state index in [2.05, 4.69) is 10.6 Å². The molecule has 2 heterocycles. The van der Waals surface area contributed by atoms with Crippen LogP contribution in [-0.2, 0) is 9.53 Å². The average molecular weight is 453 g/mol. The van der Waals surface area contributed by atoms with Crippen LogP contribution in [0, 0.1) is 5.92 Å². The van der Waals surface area contributed by atoms with E-state index in [1.807, 2.05) is 49.7 Å². The molecule has 0 radical (unpaired) electrons. The maximum Gasteiger partial charge on any atom is 0.410 e. The minimum absolute atomic E-state index is 0.0325. The van der Waals surface area contributed by atoms with Crippen molar-refractivity contribution in [1.29, 1.82) is 0 Å². The van der Waals surface area contributed by atoms with Crippen molar-refractivity contribution in [2.45, 2.75) is 58.1 Å². The van der Waals surface area contributed by atoms with E-state index in [-0.39, 0.29) is 29.9 Å². The molecule has 2 aliphatic rings. The van der Waals surface area contributed by atoms with E-state index in [9.17, 15) is 14.4 Å². The lowest BCUT2D eigenvalue weighted by molar-refractivity contribution is -0.117. The molecule has 1 saturated heterocycles. The summed E-state index contributed by atoms with van der Waals surface area (Å²) in [6, 6.07) is 11.0. The van der Waals surface area contributed by atoms with Gasteiger partial charge in [-0.15, -0.1) is 0 Å². The summed E-state index contributed by atoms with van der Waals surface area (Å²) in [5.74, 6) is -0.0569. The molecule has 1 aliphatic heterocycles. The number of benzene rings is 1. The number of anilines is 2. The van der Waals surface area contributed by atoms with Crippen molar-refractivity contribution < 1.29 is 19.1 Å². The molecule has 4 rings (SSSR count). The summed E-state index contributed by atoms with van der Waals surface area (Å²) in [7, 11) is 0. The monoisotopic (exact) mass is 452 g/mol. The van der Waals surface area contributed by atoms with Gasteiger partial charge >= 0.3 is 6.09 Å². The first-order valence-electron chi connectivity index (χ1n) is 11.6. The molecular weight excluding hydrogens is 420 g/mol. The van der Waals surface area contributed by atoms with Crippen molar-refractivity contribution in [2.24, 2.45) is 5.92 Å². The van der Waals surface area contributed by atoms with Gasteiger partial charge in [-0.25, -0.2) is 4.79 Å². The molecule has 2 N–H and O–H groups in total. The van der Waals surface area contributed by atoms with E-state index in [0.717, 1.165) is 25.7 Å². The number of amides is 3. The van der Waals surface area contributed by atoms with Gasteiger partial charge in [-0.1, -0.05) is 6.07 Å². The average Bonchev–Trinajstić information content (AvgIpc) is 3.49. The predicted octanol–water partition coefficient (Wildman–Crippen LogP) is 4.66. The Bertz CT molecular complexity index is 1030. The lowest BCUT2D eigenvalue weighted by atomic mass is 10.0. The summed E-state index contributed by atoms with van der Waals surface area (Å²) in [6.45, 7) is 6.75. The minimum Gasteiger partial charge on any atom is -0.444 e. The Balaban J connectivity index is 1.36. The summed E-state index contributed by atoms with van der Waals surface area (Å²) in [5.41, 5.74) is 1.35. The zero-order chi connectivity index (χ0) is 23.6. The number of aromatic nitrogens is 1. The van der Waals surface area contributed by atoms with Crippen molar-refractivity contribution in [2.75, 3.05) is 23.7 Å². The molecule has 176 valence electrons. The molecular formula is C25H32N4O4. The summed E-state index contributed by atoms with van der Waals surface area (Å²) >= 11 is 0. The number of hydrogen-bond donors (Lipinski definition) is 2. The zero-order valence-corrected chi connectivity index (χ0v) is 19.5. The van der Waals surface area contributed by atoms with Crippen molar-refractivity contribution in [1.82, 2.24) is 9.47 Å². The first-order chi connectivity index (χ1) is 15.7. The van der Waals surface area contributed by atoms with Crippen molar-refractivity contribution in [3.8, 4) is 0 Å². The second-order valence-corrected chi connectivity index (χ2v) is 9.80. The first-order valence-corrected chi connectivity index (χ1v) is 11.6. The van der Waals surface area contributed by atoms with E-state index >= 15 is 0 Å². The number of nitrogens with one attached hydrogen (secondary N) is 2. The largest absolute Gasteiger partial charge is 0.444 e.